The van der Waals surface area contributed by atoms with Gasteiger partial charge in [-0.3, -0.25) is 4.90 Å². The Labute approximate surface area is 122 Å². The van der Waals surface area contributed by atoms with Gasteiger partial charge < -0.3 is 5.32 Å². The SMILES string of the molecule is CC(C)NCc1ccc(CN2CCCC(C)(C)C2)s1. The minimum absolute atomic E-state index is 0.498. The number of nitrogens with one attached hydrogen (secondary N) is 1. The van der Waals surface area contributed by atoms with Gasteiger partial charge in [0.05, 0.1) is 0 Å². The second kappa shape index (κ2) is 6.38. The summed E-state index contributed by atoms with van der Waals surface area (Å²) in [5.74, 6) is 0. The van der Waals surface area contributed by atoms with E-state index >= 15 is 0 Å². The van der Waals surface area contributed by atoms with Crippen LogP contribution in [0.25, 0.3) is 0 Å². The Balaban J connectivity index is 1.85. The topological polar surface area (TPSA) is 15.3 Å². The van der Waals surface area contributed by atoms with E-state index in [1.165, 1.54) is 35.7 Å². The van der Waals surface area contributed by atoms with Crippen molar-refractivity contribution in [2.75, 3.05) is 13.1 Å². The van der Waals surface area contributed by atoms with Crippen molar-refractivity contribution in [2.24, 2.45) is 5.41 Å². The van der Waals surface area contributed by atoms with Crippen LogP contribution in [0.2, 0.25) is 0 Å². The quantitative estimate of drug-likeness (QED) is 0.881. The largest absolute Gasteiger partial charge is 0.310 e. The fourth-order valence-corrected chi connectivity index (χ4v) is 3.82. The second-order valence-corrected chi connectivity index (χ2v) is 8.13. The Morgan fingerprint density at radius 1 is 1.32 bits per heavy atom. The zero-order valence-electron chi connectivity index (χ0n) is 12.8. The zero-order chi connectivity index (χ0) is 13.9. The van der Waals surface area contributed by atoms with Gasteiger partial charge in [-0.2, -0.15) is 0 Å². The first kappa shape index (κ1) is 15.0. The molecule has 1 fully saturated rings. The van der Waals surface area contributed by atoms with Gasteiger partial charge in [-0.15, -0.1) is 11.3 Å². The monoisotopic (exact) mass is 280 g/mol. The molecule has 1 aliphatic heterocycles. The lowest BCUT2D eigenvalue weighted by Gasteiger charge is -2.37. The average molecular weight is 280 g/mol. The Hall–Kier alpha value is -0.380. The van der Waals surface area contributed by atoms with E-state index in [1.54, 1.807) is 0 Å². The lowest BCUT2D eigenvalue weighted by atomic mass is 9.84. The van der Waals surface area contributed by atoms with Crippen LogP contribution in [0.5, 0.6) is 0 Å². The van der Waals surface area contributed by atoms with Gasteiger partial charge in [-0.1, -0.05) is 27.7 Å². The molecule has 0 aliphatic carbocycles. The zero-order valence-corrected chi connectivity index (χ0v) is 13.6. The van der Waals surface area contributed by atoms with Crippen LogP contribution in [0.15, 0.2) is 12.1 Å². The van der Waals surface area contributed by atoms with Crippen molar-refractivity contribution in [1.82, 2.24) is 10.2 Å². The van der Waals surface area contributed by atoms with E-state index in [1.807, 2.05) is 11.3 Å². The molecule has 2 rings (SSSR count). The normalized spacial score (nSPS) is 20.1. The van der Waals surface area contributed by atoms with Gasteiger partial charge in [0.2, 0.25) is 0 Å². The van der Waals surface area contributed by atoms with Crippen LogP contribution in [0.1, 0.15) is 50.3 Å². The van der Waals surface area contributed by atoms with E-state index in [9.17, 15) is 0 Å². The molecule has 1 aliphatic rings. The van der Waals surface area contributed by atoms with Crippen LogP contribution >= 0.6 is 11.3 Å². The van der Waals surface area contributed by atoms with Gasteiger partial charge in [0.25, 0.3) is 0 Å². The molecular formula is C16H28N2S. The molecule has 0 atom stereocenters. The Morgan fingerprint density at radius 3 is 2.74 bits per heavy atom. The maximum Gasteiger partial charge on any atom is 0.0328 e. The first-order valence-electron chi connectivity index (χ1n) is 7.48. The third-order valence-corrected chi connectivity index (χ3v) is 4.83. The van der Waals surface area contributed by atoms with E-state index in [4.69, 9.17) is 0 Å². The summed E-state index contributed by atoms with van der Waals surface area (Å²) >= 11 is 1.96. The maximum absolute atomic E-state index is 3.49. The minimum atomic E-state index is 0.498. The van der Waals surface area contributed by atoms with Crippen LogP contribution in [-0.2, 0) is 13.1 Å². The summed E-state index contributed by atoms with van der Waals surface area (Å²) in [6.45, 7) is 13.8. The van der Waals surface area contributed by atoms with Crippen LogP contribution in [0, 0.1) is 5.41 Å². The van der Waals surface area contributed by atoms with Crippen molar-refractivity contribution >= 4 is 11.3 Å². The molecule has 0 spiro atoms. The van der Waals surface area contributed by atoms with Crippen molar-refractivity contribution in [1.29, 1.82) is 0 Å². The number of piperidine rings is 1. The number of likely N-dealkylation sites (tertiary alicyclic amines) is 1. The van der Waals surface area contributed by atoms with E-state index in [-0.39, 0.29) is 0 Å². The number of hydrogen-bond donors (Lipinski definition) is 1. The Morgan fingerprint density at radius 2 is 2.05 bits per heavy atom. The predicted molar refractivity (Wildman–Crippen MR) is 84.6 cm³/mol. The van der Waals surface area contributed by atoms with Gasteiger partial charge in [-0.05, 0) is 36.9 Å². The van der Waals surface area contributed by atoms with E-state index in [0.717, 1.165) is 13.1 Å². The first-order chi connectivity index (χ1) is 8.94. The molecule has 1 saturated heterocycles. The van der Waals surface area contributed by atoms with Gasteiger partial charge in [0.15, 0.2) is 0 Å². The van der Waals surface area contributed by atoms with Crippen molar-refractivity contribution in [3.8, 4) is 0 Å². The van der Waals surface area contributed by atoms with Crippen LogP contribution in [0.3, 0.4) is 0 Å². The van der Waals surface area contributed by atoms with Gasteiger partial charge in [0.1, 0.15) is 0 Å². The molecule has 1 aromatic heterocycles. The highest BCUT2D eigenvalue weighted by Crippen LogP contribution is 2.30. The maximum atomic E-state index is 3.49. The standard InChI is InChI=1S/C16H28N2S/c1-13(2)17-10-14-6-7-15(19-14)11-18-9-5-8-16(3,4)12-18/h6-7,13,17H,5,8-12H2,1-4H3. The van der Waals surface area contributed by atoms with E-state index < -0.39 is 0 Å². The van der Waals surface area contributed by atoms with Gasteiger partial charge in [0, 0.05) is 35.4 Å². The lowest BCUT2D eigenvalue weighted by molar-refractivity contribution is 0.112. The summed E-state index contributed by atoms with van der Waals surface area (Å²) in [6.07, 6.45) is 2.72. The number of rotatable bonds is 5. The molecule has 108 valence electrons. The predicted octanol–water partition coefficient (Wildman–Crippen LogP) is 3.87. The van der Waals surface area contributed by atoms with Crippen LogP contribution in [0.4, 0.5) is 0 Å². The van der Waals surface area contributed by atoms with Crippen molar-refractivity contribution in [2.45, 2.75) is 59.7 Å². The van der Waals surface area contributed by atoms with Gasteiger partial charge >= 0.3 is 0 Å². The van der Waals surface area contributed by atoms with E-state index in [2.05, 4.69) is 50.0 Å². The summed E-state index contributed by atoms with van der Waals surface area (Å²) in [6, 6.07) is 5.15. The van der Waals surface area contributed by atoms with Crippen molar-refractivity contribution in [3.05, 3.63) is 21.9 Å². The fourth-order valence-electron chi connectivity index (χ4n) is 2.81. The molecule has 0 aromatic carbocycles. The third kappa shape index (κ3) is 4.90. The molecule has 1 N–H and O–H groups in total. The third-order valence-electron chi connectivity index (χ3n) is 3.76. The molecule has 3 heteroatoms. The summed E-state index contributed by atoms with van der Waals surface area (Å²) in [5.41, 5.74) is 0.498. The first-order valence-corrected chi connectivity index (χ1v) is 8.30. The summed E-state index contributed by atoms with van der Waals surface area (Å²) < 4.78 is 0. The summed E-state index contributed by atoms with van der Waals surface area (Å²) in [5, 5.41) is 3.49. The number of nitrogens with zero attached hydrogens (tertiary/aromatic N) is 1. The second-order valence-electron chi connectivity index (χ2n) is 6.88. The molecule has 0 bridgehead atoms. The van der Waals surface area contributed by atoms with Crippen LogP contribution < -0.4 is 5.32 Å². The molecule has 0 saturated carbocycles. The van der Waals surface area contributed by atoms with Crippen molar-refractivity contribution < 1.29 is 0 Å². The average Bonchev–Trinajstić information content (AvgIpc) is 2.73. The highest BCUT2D eigenvalue weighted by molar-refractivity contribution is 7.11. The van der Waals surface area contributed by atoms with Crippen LogP contribution in [-0.4, -0.2) is 24.0 Å². The minimum Gasteiger partial charge on any atom is -0.310 e. The Bertz CT molecular complexity index is 395. The molecule has 1 aromatic rings. The number of thiophene rings is 1. The van der Waals surface area contributed by atoms with Gasteiger partial charge in [-0.25, -0.2) is 0 Å². The highest BCUT2D eigenvalue weighted by Gasteiger charge is 2.26. The van der Waals surface area contributed by atoms with E-state index in [0.29, 0.717) is 11.5 Å². The molecular weight excluding hydrogens is 252 g/mol. The fraction of sp³-hybridized carbons (Fsp3) is 0.750. The smallest absolute Gasteiger partial charge is 0.0328 e. The Kier molecular flexibility index (Phi) is 5.04. The number of hydrogen-bond acceptors (Lipinski definition) is 3. The molecule has 2 heterocycles. The summed E-state index contributed by atoms with van der Waals surface area (Å²) in [4.78, 5) is 5.59. The molecule has 0 unspecified atom stereocenters. The molecule has 2 nitrogen and oxygen atoms in total. The molecule has 0 amide bonds. The molecule has 19 heavy (non-hydrogen) atoms. The lowest BCUT2D eigenvalue weighted by Crippen LogP contribution is -2.39. The summed E-state index contributed by atoms with van der Waals surface area (Å²) in [7, 11) is 0. The highest BCUT2D eigenvalue weighted by atomic mass is 32.1. The van der Waals surface area contributed by atoms with Crippen molar-refractivity contribution in [3.63, 3.8) is 0 Å². The molecule has 0 radical (unpaired) electrons.